The molecular formula is C23H24FN3O5. The van der Waals surface area contributed by atoms with Crippen molar-refractivity contribution in [1.29, 1.82) is 0 Å². The number of halogens is 1. The largest absolute Gasteiger partial charge is 0.494 e. The van der Waals surface area contributed by atoms with Gasteiger partial charge in [0.1, 0.15) is 17.6 Å². The molecule has 0 spiro atoms. The number of hydrogen-bond acceptors (Lipinski definition) is 7. The van der Waals surface area contributed by atoms with Crippen LogP contribution in [0.5, 0.6) is 5.75 Å². The van der Waals surface area contributed by atoms with Crippen LogP contribution in [0.3, 0.4) is 0 Å². The van der Waals surface area contributed by atoms with Gasteiger partial charge in [-0.05, 0) is 61.4 Å². The molecule has 0 saturated carbocycles. The number of nitrogens with one attached hydrogen (secondary N) is 1. The first-order chi connectivity index (χ1) is 15.4. The highest BCUT2D eigenvalue weighted by atomic mass is 19.1. The van der Waals surface area contributed by atoms with Crippen LogP contribution in [0.4, 0.5) is 4.39 Å². The number of carbonyl (C=O) groups is 2. The molecule has 0 saturated heterocycles. The minimum absolute atomic E-state index is 0.151. The van der Waals surface area contributed by atoms with Crippen molar-refractivity contribution in [2.75, 3.05) is 6.61 Å². The quantitative estimate of drug-likeness (QED) is 0.504. The lowest BCUT2D eigenvalue weighted by Crippen LogP contribution is -2.45. The Morgan fingerprint density at radius 1 is 1.09 bits per heavy atom. The third kappa shape index (κ3) is 5.90. The molecule has 1 aromatic heterocycles. The van der Waals surface area contributed by atoms with Gasteiger partial charge in [0.15, 0.2) is 6.61 Å². The number of rotatable bonds is 9. The van der Waals surface area contributed by atoms with Crippen LogP contribution >= 0.6 is 0 Å². The Morgan fingerprint density at radius 3 is 2.41 bits per heavy atom. The summed E-state index contributed by atoms with van der Waals surface area (Å²) in [4.78, 5) is 29.3. The molecule has 0 aliphatic carbocycles. The average Bonchev–Trinajstić information content (AvgIpc) is 3.26. The van der Waals surface area contributed by atoms with Gasteiger partial charge in [-0.3, -0.25) is 4.79 Å². The third-order valence-corrected chi connectivity index (χ3v) is 4.54. The van der Waals surface area contributed by atoms with Crippen LogP contribution in [0.2, 0.25) is 0 Å². The molecule has 1 amide bonds. The molecule has 1 atom stereocenters. The summed E-state index contributed by atoms with van der Waals surface area (Å²) in [6.07, 6.45) is 0. The SMILES string of the molecule is CCOc1ccc(C(=O)N[C@H](C(=O)OCc2noc(-c3ccc(F)cc3)n2)C(C)C)cc1. The van der Waals surface area contributed by atoms with Crippen molar-refractivity contribution in [1.82, 2.24) is 15.5 Å². The lowest BCUT2D eigenvalue weighted by atomic mass is 10.0. The standard InChI is InChI=1S/C23H24FN3O5/c1-4-30-18-11-7-15(8-12-18)21(28)26-20(14(2)3)23(29)31-13-19-25-22(32-27-19)16-5-9-17(24)10-6-16/h5-12,14,20H,4,13H2,1-3H3,(H,26,28)/t20-/m0/s1. The van der Waals surface area contributed by atoms with Crippen molar-refractivity contribution in [2.45, 2.75) is 33.4 Å². The van der Waals surface area contributed by atoms with E-state index in [1.54, 1.807) is 38.1 Å². The number of aromatic nitrogens is 2. The Bertz CT molecular complexity index is 1050. The summed E-state index contributed by atoms with van der Waals surface area (Å²) < 4.78 is 28.8. The zero-order valence-electron chi connectivity index (χ0n) is 18.0. The number of benzene rings is 2. The van der Waals surface area contributed by atoms with Crippen molar-refractivity contribution in [2.24, 2.45) is 5.92 Å². The van der Waals surface area contributed by atoms with Gasteiger partial charge < -0.3 is 19.3 Å². The zero-order chi connectivity index (χ0) is 23.1. The number of carbonyl (C=O) groups excluding carboxylic acids is 2. The highest BCUT2D eigenvalue weighted by Crippen LogP contribution is 2.18. The van der Waals surface area contributed by atoms with Gasteiger partial charge in [-0.1, -0.05) is 19.0 Å². The topological polar surface area (TPSA) is 104 Å². The number of nitrogens with zero attached hydrogens (tertiary/aromatic N) is 2. The Labute approximate surface area is 184 Å². The Hall–Kier alpha value is -3.75. The summed E-state index contributed by atoms with van der Waals surface area (Å²) in [5.41, 5.74) is 0.938. The van der Waals surface area contributed by atoms with E-state index < -0.39 is 17.9 Å². The van der Waals surface area contributed by atoms with Crippen LogP contribution in [0, 0.1) is 11.7 Å². The molecule has 8 nitrogen and oxygen atoms in total. The highest BCUT2D eigenvalue weighted by Gasteiger charge is 2.27. The minimum atomic E-state index is -0.863. The maximum atomic E-state index is 13.0. The molecule has 9 heteroatoms. The second-order valence-corrected chi connectivity index (χ2v) is 7.28. The predicted octanol–water partition coefficient (Wildman–Crippen LogP) is 3.77. The molecule has 1 heterocycles. The van der Waals surface area contributed by atoms with Crippen molar-refractivity contribution in [3.63, 3.8) is 0 Å². The maximum absolute atomic E-state index is 13.0. The second kappa shape index (κ2) is 10.5. The lowest BCUT2D eigenvalue weighted by Gasteiger charge is -2.20. The van der Waals surface area contributed by atoms with Crippen molar-refractivity contribution >= 4 is 11.9 Å². The van der Waals surface area contributed by atoms with Gasteiger partial charge in [0.05, 0.1) is 6.61 Å². The van der Waals surface area contributed by atoms with Gasteiger partial charge in [0.25, 0.3) is 11.8 Å². The van der Waals surface area contributed by atoms with Gasteiger partial charge in [0.2, 0.25) is 5.82 Å². The summed E-state index contributed by atoms with van der Waals surface area (Å²) in [7, 11) is 0. The molecule has 0 fully saturated rings. The van der Waals surface area contributed by atoms with E-state index in [1.807, 2.05) is 6.92 Å². The van der Waals surface area contributed by atoms with E-state index in [1.165, 1.54) is 24.3 Å². The average molecular weight is 441 g/mol. The van der Waals surface area contributed by atoms with Gasteiger partial charge in [-0.25, -0.2) is 9.18 Å². The summed E-state index contributed by atoms with van der Waals surface area (Å²) >= 11 is 0. The smallest absolute Gasteiger partial charge is 0.329 e. The van der Waals surface area contributed by atoms with Crippen LogP contribution in [0.1, 0.15) is 37.0 Å². The summed E-state index contributed by atoms with van der Waals surface area (Å²) in [5, 5.41) is 6.47. The molecule has 0 unspecified atom stereocenters. The van der Waals surface area contributed by atoms with Crippen LogP contribution in [0.25, 0.3) is 11.5 Å². The second-order valence-electron chi connectivity index (χ2n) is 7.28. The van der Waals surface area contributed by atoms with Crippen LogP contribution in [-0.2, 0) is 16.1 Å². The van der Waals surface area contributed by atoms with E-state index in [-0.39, 0.29) is 30.1 Å². The van der Waals surface area contributed by atoms with E-state index in [0.29, 0.717) is 23.5 Å². The number of hydrogen-bond donors (Lipinski definition) is 1. The van der Waals surface area contributed by atoms with Gasteiger partial charge in [-0.2, -0.15) is 4.98 Å². The number of esters is 1. The molecular weight excluding hydrogens is 417 g/mol. The van der Waals surface area contributed by atoms with Gasteiger partial charge in [-0.15, -0.1) is 0 Å². The molecule has 32 heavy (non-hydrogen) atoms. The molecule has 168 valence electrons. The molecule has 0 aliphatic heterocycles. The Morgan fingerprint density at radius 2 is 1.78 bits per heavy atom. The Kier molecular flexibility index (Phi) is 7.54. The Balaban J connectivity index is 1.59. The predicted molar refractivity (Wildman–Crippen MR) is 113 cm³/mol. The minimum Gasteiger partial charge on any atom is -0.494 e. The van der Waals surface area contributed by atoms with Gasteiger partial charge >= 0.3 is 5.97 Å². The third-order valence-electron chi connectivity index (χ3n) is 4.54. The highest BCUT2D eigenvalue weighted by molar-refractivity contribution is 5.96. The molecule has 1 N–H and O–H groups in total. The van der Waals surface area contributed by atoms with Crippen LogP contribution < -0.4 is 10.1 Å². The molecule has 3 rings (SSSR count). The lowest BCUT2D eigenvalue weighted by molar-refractivity contribution is -0.148. The monoisotopic (exact) mass is 441 g/mol. The van der Waals surface area contributed by atoms with E-state index in [2.05, 4.69) is 15.5 Å². The maximum Gasteiger partial charge on any atom is 0.329 e. The first kappa shape index (κ1) is 22.9. The van der Waals surface area contributed by atoms with Crippen molar-refractivity contribution in [3.05, 3.63) is 65.7 Å². The fourth-order valence-corrected chi connectivity index (χ4v) is 2.84. The molecule has 2 aromatic carbocycles. The van der Waals surface area contributed by atoms with Crippen molar-refractivity contribution < 1.29 is 28.0 Å². The summed E-state index contributed by atoms with van der Waals surface area (Å²) in [6.45, 7) is 5.76. The number of ether oxygens (including phenoxy) is 2. The fraction of sp³-hybridized carbons (Fsp3) is 0.304. The molecule has 3 aromatic rings. The molecule has 0 aliphatic rings. The van der Waals surface area contributed by atoms with Crippen LogP contribution in [-0.4, -0.2) is 34.7 Å². The fourth-order valence-electron chi connectivity index (χ4n) is 2.84. The van der Waals surface area contributed by atoms with E-state index >= 15 is 0 Å². The van der Waals surface area contributed by atoms with E-state index in [9.17, 15) is 14.0 Å². The number of amides is 1. The molecule has 0 bridgehead atoms. The zero-order valence-corrected chi connectivity index (χ0v) is 18.0. The first-order valence-electron chi connectivity index (χ1n) is 10.2. The first-order valence-corrected chi connectivity index (χ1v) is 10.2. The van der Waals surface area contributed by atoms with Crippen molar-refractivity contribution in [3.8, 4) is 17.2 Å². The normalized spacial score (nSPS) is 11.8. The van der Waals surface area contributed by atoms with Gasteiger partial charge in [0, 0.05) is 11.1 Å². The summed E-state index contributed by atoms with van der Waals surface area (Å²) in [6, 6.07) is 11.3. The summed E-state index contributed by atoms with van der Waals surface area (Å²) in [5.74, 6) is -0.625. The van der Waals surface area contributed by atoms with E-state index in [0.717, 1.165) is 0 Å². The molecule has 0 radical (unpaired) electrons. The van der Waals surface area contributed by atoms with Crippen LogP contribution in [0.15, 0.2) is 53.1 Å². The van der Waals surface area contributed by atoms with E-state index in [4.69, 9.17) is 14.0 Å².